The minimum atomic E-state index is -1.82. The fraction of sp³-hybridized carbons (Fsp3) is 0.321. The summed E-state index contributed by atoms with van der Waals surface area (Å²) in [6, 6.07) is 17.0. The van der Waals surface area contributed by atoms with Crippen molar-refractivity contribution in [2.75, 3.05) is 26.2 Å². The molecule has 5 N–H and O–H groups in total. The largest absolute Gasteiger partial charge is 0.473 e. The summed E-state index contributed by atoms with van der Waals surface area (Å²) in [6.45, 7) is 9.22. The summed E-state index contributed by atoms with van der Waals surface area (Å²) >= 11 is 0. The smallest absolute Gasteiger partial charge is 0.414 e. The van der Waals surface area contributed by atoms with E-state index in [1.807, 2.05) is 11.6 Å². The maximum absolute atomic E-state index is 13.2. The first-order valence-electron chi connectivity index (χ1n) is 12.7. The van der Waals surface area contributed by atoms with Gasteiger partial charge < -0.3 is 30.5 Å². The van der Waals surface area contributed by atoms with Gasteiger partial charge in [-0.3, -0.25) is 4.90 Å². The van der Waals surface area contributed by atoms with Crippen molar-refractivity contribution in [3.05, 3.63) is 82.9 Å². The van der Waals surface area contributed by atoms with Crippen molar-refractivity contribution in [3.8, 4) is 5.69 Å². The summed E-state index contributed by atoms with van der Waals surface area (Å²) in [5.74, 6) is -7.54. The van der Waals surface area contributed by atoms with Gasteiger partial charge in [0, 0.05) is 44.0 Å². The van der Waals surface area contributed by atoms with E-state index < -0.39 is 23.9 Å². The van der Waals surface area contributed by atoms with Crippen molar-refractivity contribution in [1.29, 1.82) is 0 Å². The van der Waals surface area contributed by atoms with Crippen LogP contribution in [0.4, 0.5) is 4.39 Å². The van der Waals surface area contributed by atoms with E-state index in [9.17, 15) is 4.39 Å². The molecule has 1 aliphatic heterocycles. The average Bonchev–Trinajstić information content (AvgIpc) is 3.23. The van der Waals surface area contributed by atoms with Crippen molar-refractivity contribution in [3.63, 3.8) is 0 Å². The number of carboxylic acid groups (broad SMARTS) is 4. The van der Waals surface area contributed by atoms with Crippen LogP contribution in [0.15, 0.2) is 54.6 Å². The lowest BCUT2D eigenvalue weighted by Crippen LogP contribution is -2.46. The molecule has 1 saturated heterocycles. The van der Waals surface area contributed by atoms with E-state index in [0.29, 0.717) is 0 Å². The van der Waals surface area contributed by atoms with Gasteiger partial charge in [-0.05, 0) is 43.7 Å². The molecule has 1 aromatic heterocycles. The monoisotopic (exact) mass is 588 g/mol. The third-order valence-corrected chi connectivity index (χ3v) is 6.02. The second-order valence-electron chi connectivity index (χ2n) is 9.10. The Balaban J connectivity index is 0.000000434. The molecule has 3 aromatic rings. The Morgan fingerprint density at radius 3 is 2.05 bits per heavy atom. The van der Waals surface area contributed by atoms with Crippen molar-refractivity contribution < 1.29 is 48.7 Å². The molecule has 1 fully saturated rings. The normalized spacial score (nSPS) is 14.5. The van der Waals surface area contributed by atoms with Crippen molar-refractivity contribution in [2.24, 2.45) is 0 Å². The van der Waals surface area contributed by atoms with Gasteiger partial charge in [0.25, 0.3) is 0 Å². The summed E-state index contributed by atoms with van der Waals surface area (Å²) in [4.78, 5) is 38.9. The first-order chi connectivity index (χ1) is 19.9. The van der Waals surface area contributed by atoms with Gasteiger partial charge in [0.1, 0.15) is 5.82 Å². The van der Waals surface area contributed by atoms with E-state index in [0.717, 1.165) is 56.4 Å². The molecule has 0 amide bonds. The molecular formula is C28H33FN4O9. The number of carboxylic acids is 4. The number of aryl methyl sites for hydroxylation is 1. The summed E-state index contributed by atoms with van der Waals surface area (Å²) in [5.41, 5.74) is 5.44. The summed E-state index contributed by atoms with van der Waals surface area (Å²) < 4.78 is 21.1. The van der Waals surface area contributed by atoms with Crippen LogP contribution in [0.3, 0.4) is 0 Å². The minimum absolute atomic E-state index is 0.176. The standard InChI is InChI=1S/C24H29FN4O.2C2H2O4/c1-18-24(19(2)29(27-18)22-10-8-21(25)9-11-22)15-26-14-23-17-28(12-13-30-23)16-20-6-4-3-5-7-20;2*3-1(4)2(5)6/h3-11,23,26H,12-17H2,1-2H3;2*(H,3,4)(H,5,6). The Hall–Kier alpha value is -4.66. The summed E-state index contributed by atoms with van der Waals surface area (Å²) in [7, 11) is 0. The Bertz CT molecular complexity index is 1300. The Morgan fingerprint density at radius 1 is 0.929 bits per heavy atom. The number of hydrogen-bond acceptors (Lipinski definition) is 8. The van der Waals surface area contributed by atoms with Crippen LogP contribution in [0.2, 0.25) is 0 Å². The molecule has 1 unspecified atom stereocenters. The molecule has 2 heterocycles. The van der Waals surface area contributed by atoms with Crippen LogP contribution in [-0.4, -0.2) is 91.3 Å². The molecule has 4 rings (SSSR count). The van der Waals surface area contributed by atoms with E-state index in [2.05, 4.69) is 52.6 Å². The molecule has 1 aliphatic rings. The van der Waals surface area contributed by atoms with E-state index >= 15 is 0 Å². The topological polar surface area (TPSA) is 192 Å². The first-order valence-corrected chi connectivity index (χ1v) is 12.7. The molecule has 14 heteroatoms. The second kappa shape index (κ2) is 16.6. The van der Waals surface area contributed by atoms with Gasteiger partial charge in [0.15, 0.2) is 0 Å². The molecule has 13 nitrogen and oxygen atoms in total. The van der Waals surface area contributed by atoms with Crippen LogP contribution in [0.1, 0.15) is 22.5 Å². The van der Waals surface area contributed by atoms with Crippen molar-refractivity contribution in [2.45, 2.75) is 33.0 Å². The van der Waals surface area contributed by atoms with Crippen LogP contribution in [0, 0.1) is 19.7 Å². The molecule has 0 saturated carbocycles. The Labute approximate surface area is 240 Å². The lowest BCUT2D eigenvalue weighted by Gasteiger charge is -2.33. The lowest BCUT2D eigenvalue weighted by molar-refractivity contribution is -0.159. The number of ether oxygens (including phenoxy) is 1. The van der Waals surface area contributed by atoms with Gasteiger partial charge in [0.05, 0.1) is 24.1 Å². The van der Waals surface area contributed by atoms with Gasteiger partial charge in [-0.1, -0.05) is 30.3 Å². The second-order valence-corrected chi connectivity index (χ2v) is 9.10. The van der Waals surface area contributed by atoms with Crippen LogP contribution in [-0.2, 0) is 37.0 Å². The van der Waals surface area contributed by atoms with Gasteiger partial charge in [0.2, 0.25) is 0 Å². The molecule has 42 heavy (non-hydrogen) atoms. The van der Waals surface area contributed by atoms with E-state index in [-0.39, 0.29) is 11.9 Å². The van der Waals surface area contributed by atoms with Crippen molar-refractivity contribution in [1.82, 2.24) is 20.0 Å². The molecular weight excluding hydrogens is 555 g/mol. The lowest BCUT2D eigenvalue weighted by atomic mass is 10.1. The van der Waals surface area contributed by atoms with Gasteiger partial charge in [-0.15, -0.1) is 0 Å². The van der Waals surface area contributed by atoms with Crippen LogP contribution in [0.5, 0.6) is 0 Å². The number of benzene rings is 2. The SMILES string of the molecule is Cc1nn(-c2ccc(F)cc2)c(C)c1CNCC1CN(Cc2ccccc2)CCO1.O=C(O)C(=O)O.O=C(O)C(=O)O. The number of halogens is 1. The van der Waals surface area contributed by atoms with E-state index in [1.54, 1.807) is 12.1 Å². The molecule has 0 spiro atoms. The average molecular weight is 589 g/mol. The maximum Gasteiger partial charge on any atom is 0.414 e. The number of rotatable bonds is 7. The first kappa shape index (κ1) is 33.5. The van der Waals surface area contributed by atoms with Crippen molar-refractivity contribution >= 4 is 23.9 Å². The Morgan fingerprint density at radius 2 is 1.50 bits per heavy atom. The molecule has 0 radical (unpaired) electrons. The van der Waals surface area contributed by atoms with E-state index in [1.165, 1.54) is 23.3 Å². The zero-order valence-electron chi connectivity index (χ0n) is 23.1. The predicted octanol–water partition coefficient (Wildman–Crippen LogP) is 1.93. The number of aliphatic carboxylic acids is 4. The maximum atomic E-state index is 13.2. The number of nitrogens with one attached hydrogen (secondary N) is 1. The highest BCUT2D eigenvalue weighted by Crippen LogP contribution is 2.18. The number of morpholine rings is 1. The number of hydrogen-bond donors (Lipinski definition) is 5. The fourth-order valence-corrected chi connectivity index (χ4v) is 4.01. The molecule has 1 atom stereocenters. The quantitative estimate of drug-likeness (QED) is 0.252. The molecule has 2 aromatic carbocycles. The third kappa shape index (κ3) is 11.1. The Kier molecular flexibility index (Phi) is 13.2. The van der Waals surface area contributed by atoms with Gasteiger partial charge >= 0.3 is 23.9 Å². The summed E-state index contributed by atoms with van der Waals surface area (Å²) in [5, 5.41) is 37.8. The third-order valence-electron chi connectivity index (χ3n) is 6.02. The highest BCUT2D eigenvalue weighted by atomic mass is 19.1. The molecule has 0 bridgehead atoms. The molecule has 0 aliphatic carbocycles. The predicted molar refractivity (Wildman–Crippen MR) is 147 cm³/mol. The number of nitrogens with zero attached hydrogens (tertiary/aromatic N) is 3. The van der Waals surface area contributed by atoms with Gasteiger partial charge in [-0.25, -0.2) is 28.3 Å². The van der Waals surface area contributed by atoms with Crippen LogP contribution < -0.4 is 5.32 Å². The van der Waals surface area contributed by atoms with Gasteiger partial charge in [-0.2, -0.15) is 5.10 Å². The number of carbonyl (C=O) groups is 4. The zero-order valence-corrected chi connectivity index (χ0v) is 23.1. The highest BCUT2D eigenvalue weighted by molar-refractivity contribution is 6.27. The highest BCUT2D eigenvalue weighted by Gasteiger charge is 2.21. The van der Waals surface area contributed by atoms with Crippen LogP contribution in [0.25, 0.3) is 5.69 Å². The molecule has 226 valence electrons. The summed E-state index contributed by atoms with van der Waals surface area (Å²) in [6.07, 6.45) is 0.176. The zero-order chi connectivity index (χ0) is 31.2. The van der Waals surface area contributed by atoms with Crippen LogP contribution >= 0.6 is 0 Å². The number of aromatic nitrogens is 2. The van der Waals surface area contributed by atoms with E-state index in [4.69, 9.17) is 44.3 Å². The fourth-order valence-electron chi connectivity index (χ4n) is 4.01. The minimum Gasteiger partial charge on any atom is -0.473 e.